The molecule has 6 nitrogen and oxygen atoms in total. The molecule has 0 radical (unpaired) electrons. The number of nitrogens with zero attached hydrogens (tertiary/aromatic N) is 2. The van der Waals surface area contributed by atoms with Gasteiger partial charge in [-0.15, -0.1) is 0 Å². The van der Waals surface area contributed by atoms with Gasteiger partial charge in [0.15, 0.2) is 11.5 Å². The third-order valence-electron chi connectivity index (χ3n) is 3.90. The first kappa shape index (κ1) is 14.3. The molecule has 0 fully saturated rings. The fourth-order valence-electron chi connectivity index (χ4n) is 2.84. The zero-order valence-corrected chi connectivity index (χ0v) is 12.9. The number of carboxylic acid groups (broad SMARTS) is 1. The highest BCUT2D eigenvalue weighted by Crippen LogP contribution is 2.37. The number of hydrogen-bond acceptors (Lipinski definition) is 4. The zero-order valence-electron chi connectivity index (χ0n) is 12.9. The number of hydrogen-bond donors (Lipinski definition) is 1. The molecule has 6 heteroatoms. The van der Waals surface area contributed by atoms with Gasteiger partial charge in [0.1, 0.15) is 5.65 Å². The van der Waals surface area contributed by atoms with Crippen LogP contribution in [0.25, 0.3) is 23.0 Å². The number of aryl methyl sites for hydroxylation is 1. The quantitative estimate of drug-likeness (QED) is 0.750. The predicted molar refractivity (Wildman–Crippen MR) is 88.2 cm³/mol. The molecular formula is C18H14N2O4. The van der Waals surface area contributed by atoms with Crippen molar-refractivity contribution >= 4 is 17.7 Å². The number of aromatic nitrogens is 2. The second-order valence-electron chi connectivity index (χ2n) is 5.45. The van der Waals surface area contributed by atoms with Gasteiger partial charge in [0.2, 0.25) is 6.79 Å². The van der Waals surface area contributed by atoms with Crippen molar-refractivity contribution in [2.24, 2.45) is 0 Å². The zero-order chi connectivity index (χ0) is 16.7. The van der Waals surface area contributed by atoms with E-state index < -0.39 is 5.97 Å². The van der Waals surface area contributed by atoms with Crippen LogP contribution in [0.4, 0.5) is 0 Å². The van der Waals surface area contributed by atoms with Gasteiger partial charge in [-0.05, 0) is 43.3 Å². The molecule has 4 rings (SSSR count). The summed E-state index contributed by atoms with van der Waals surface area (Å²) < 4.78 is 12.7. The van der Waals surface area contributed by atoms with Crippen LogP contribution in [-0.2, 0) is 4.79 Å². The lowest BCUT2D eigenvalue weighted by Crippen LogP contribution is -1.94. The summed E-state index contributed by atoms with van der Waals surface area (Å²) in [5.41, 5.74) is 3.97. The molecule has 0 spiro atoms. The number of benzene rings is 1. The molecular weight excluding hydrogens is 308 g/mol. The van der Waals surface area contributed by atoms with E-state index in [0.29, 0.717) is 22.9 Å². The molecule has 3 heterocycles. The lowest BCUT2D eigenvalue weighted by Gasteiger charge is -2.04. The van der Waals surface area contributed by atoms with Crippen LogP contribution in [0.2, 0.25) is 0 Å². The number of ether oxygens (including phenoxy) is 2. The topological polar surface area (TPSA) is 73.1 Å². The molecule has 0 saturated carbocycles. The number of carbonyl (C=O) groups is 1. The minimum absolute atomic E-state index is 0.203. The van der Waals surface area contributed by atoms with Gasteiger partial charge in [0, 0.05) is 17.3 Å². The van der Waals surface area contributed by atoms with E-state index in [0.717, 1.165) is 23.0 Å². The third-order valence-corrected chi connectivity index (χ3v) is 3.90. The lowest BCUT2D eigenvalue weighted by molar-refractivity contribution is -0.131. The van der Waals surface area contributed by atoms with E-state index in [9.17, 15) is 4.79 Å². The normalized spacial score (nSPS) is 13.0. The lowest BCUT2D eigenvalue weighted by atomic mass is 10.1. The third kappa shape index (κ3) is 2.28. The highest BCUT2D eigenvalue weighted by molar-refractivity contribution is 5.87. The smallest absolute Gasteiger partial charge is 0.328 e. The summed E-state index contributed by atoms with van der Waals surface area (Å²) in [6.45, 7) is 2.16. The largest absolute Gasteiger partial charge is 0.478 e. The van der Waals surface area contributed by atoms with E-state index in [1.165, 1.54) is 0 Å². The van der Waals surface area contributed by atoms with Crippen LogP contribution in [-0.4, -0.2) is 27.3 Å². The van der Waals surface area contributed by atoms with Crippen molar-refractivity contribution < 1.29 is 19.4 Å². The second-order valence-corrected chi connectivity index (χ2v) is 5.45. The highest BCUT2D eigenvalue weighted by atomic mass is 16.7. The Morgan fingerprint density at radius 1 is 1.25 bits per heavy atom. The molecule has 120 valence electrons. The SMILES string of the molecule is Cc1cccc2nc(-c3ccc4c(c3)OCO4)c(/C=C/C(=O)O)n12. The van der Waals surface area contributed by atoms with Gasteiger partial charge in [-0.3, -0.25) is 4.40 Å². The van der Waals surface area contributed by atoms with E-state index in [1.54, 1.807) is 6.08 Å². The molecule has 2 aromatic heterocycles. The van der Waals surface area contributed by atoms with E-state index in [4.69, 9.17) is 14.6 Å². The van der Waals surface area contributed by atoms with Crippen LogP contribution >= 0.6 is 0 Å². The molecule has 3 aromatic rings. The Morgan fingerprint density at radius 2 is 2.08 bits per heavy atom. The molecule has 1 aliphatic rings. The van der Waals surface area contributed by atoms with E-state index in [1.807, 2.05) is 47.7 Å². The van der Waals surface area contributed by atoms with Crippen molar-refractivity contribution in [3.8, 4) is 22.8 Å². The first-order valence-corrected chi connectivity index (χ1v) is 7.42. The number of fused-ring (bicyclic) bond motifs is 2. The fraction of sp³-hybridized carbons (Fsp3) is 0.111. The average molecular weight is 322 g/mol. The van der Waals surface area contributed by atoms with Gasteiger partial charge < -0.3 is 14.6 Å². The Bertz CT molecular complexity index is 988. The minimum atomic E-state index is -1.00. The molecule has 1 aromatic carbocycles. The van der Waals surface area contributed by atoms with Crippen molar-refractivity contribution in [2.45, 2.75) is 6.92 Å². The number of imidazole rings is 1. The molecule has 0 aliphatic carbocycles. The number of aliphatic carboxylic acids is 1. The van der Waals surface area contributed by atoms with Gasteiger partial charge in [-0.25, -0.2) is 9.78 Å². The molecule has 0 unspecified atom stereocenters. The summed E-state index contributed by atoms with van der Waals surface area (Å²) in [6, 6.07) is 11.4. The average Bonchev–Trinajstić information content (AvgIpc) is 3.17. The number of pyridine rings is 1. The van der Waals surface area contributed by atoms with Crippen molar-refractivity contribution in [2.75, 3.05) is 6.79 Å². The van der Waals surface area contributed by atoms with Crippen molar-refractivity contribution in [1.29, 1.82) is 0 Å². The number of rotatable bonds is 3. The van der Waals surface area contributed by atoms with E-state index >= 15 is 0 Å². The Labute approximate surface area is 137 Å². The summed E-state index contributed by atoms with van der Waals surface area (Å²) in [7, 11) is 0. The Morgan fingerprint density at radius 3 is 2.92 bits per heavy atom. The molecule has 24 heavy (non-hydrogen) atoms. The monoisotopic (exact) mass is 322 g/mol. The summed E-state index contributed by atoms with van der Waals surface area (Å²) in [5.74, 6) is 0.353. The van der Waals surface area contributed by atoms with Gasteiger partial charge in [-0.1, -0.05) is 6.07 Å². The molecule has 0 saturated heterocycles. The molecule has 1 N–H and O–H groups in total. The van der Waals surface area contributed by atoms with Gasteiger partial charge in [0.05, 0.1) is 11.4 Å². The maximum atomic E-state index is 11.0. The second kappa shape index (κ2) is 5.42. The summed E-state index contributed by atoms with van der Waals surface area (Å²) in [6.07, 6.45) is 2.68. The Balaban J connectivity index is 1.96. The molecule has 0 bridgehead atoms. The first-order chi connectivity index (χ1) is 11.6. The van der Waals surface area contributed by atoms with Crippen LogP contribution in [0.1, 0.15) is 11.4 Å². The Hall–Kier alpha value is -3.28. The maximum Gasteiger partial charge on any atom is 0.328 e. The molecule has 0 atom stereocenters. The van der Waals surface area contributed by atoms with E-state index in [2.05, 4.69) is 4.98 Å². The first-order valence-electron chi connectivity index (χ1n) is 7.42. The van der Waals surface area contributed by atoms with Crippen LogP contribution in [0.15, 0.2) is 42.5 Å². The van der Waals surface area contributed by atoms with Crippen LogP contribution in [0, 0.1) is 6.92 Å². The van der Waals surface area contributed by atoms with Crippen LogP contribution < -0.4 is 9.47 Å². The van der Waals surface area contributed by atoms with Gasteiger partial charge in [-0.2, -0.15) is 0 Å². The minimum Gasteiger partial charge on any atom is -0.478 e. The van der Waals surface area contributed by atoms with Gasteiger partial charge >= 0.3 is 5.97 Å². The fourth-order valence-corrected chi connectivity index (χ4v) is 2.84. The van der Waals surface area contributed by atoms with E-state index in [-0.39, 0.29) is 6.79 Å². The van der Waals surface area contributed by atoms with Crippen molar-refractivity contribution in [3.05, 3.63) is 53.9 Å². The number of carboxylic acids is 1. The summed E-state index contributed by atoms with van der Waals surface area (Å²) in [5, 5.41) is 8.99. The summed E-state index contributed by atoms with van der Waals surface area (Å²) >= 11 is 0. The van der Waals surface area contributed by atoms with Crippen LogP contribution in [0.3, 0.4) is 0 Å². The highest BCUT2D eigenvalue weighted by Gasteiger charge is 2.18. The maximum absolute atomic E-state index is 11.0. The molecule has 0 amide bonds. The van der Waals surface area contributed by atoms with Crippen LogP contribution in [0.5, 0.6) is 11.5 Å². The predicted octanol–water partition coefficient (Wildman–Crippen LogP) is 3.14. The standard InChI is InChI=1S/C18H14N2O4/c1-11-3-2-4-16-19-18(13(20(11)16)6-8-17(21)22)12-5-7-14-15(9-12)24-10-23-14/h2-9H,10H2,1H3,(H,21,22)/b8-6+. The van der Waals surface area contributed by atoms with Gasteiger partial charge in [0.25, 0.3) is 0 Å². The van der Waals surface area contributed by atoms with Crippen molar-refractivity contribution in [1.82, 2.24) is 9.38 Å². The summed E-state index contributed by atoms with van der Waals surface area (Å²) in [4.78, 5) is 15.6. The molecule has 1 aliphatic heterocycles. The van der Waals surface area contributed by atoms with Crippen molar-refractivity contribution in [3.63, 3.8) is 0 Å². The Kier molecular flexibility index (Phi) is 3.23.